The highest BCUT2D eigenvalue weighted by Crippen LogP contribution is 2.19. The summed E-state index contributed by atoms with van der Waals surface area (Å²) in [5, 5.41) is 5.28. The molecule has 1 fully saturated rings. The molecule has 21 heavy (non-hydrogen) atoms. The van der Waals surface area contributed by atoms with Crippen molar-refractivity contribution in [2.24, 2.45) is 0 Å². The molecular formula is C16H27N3OS. The highest BCUT2D eigenvalue weighted by atomic mass is 32.1. The number of amides is 1. The molecule has 0 saturated carbocycles. The van der Waals surface area contributed by atoms with Crippen LogP contribution in [0, 0.1) is 0 Å². The highest BCUT2D eigenvalue weighted by Gasteiger charge is 2.24. The Hall–Kier alpha value is -0.910. The maximum absolute atomic E-state index is 12.4. The van der Waals surface area contributed by atoms with Crippen molar-refractivity contribution in [3.63, 3.8) is 0 Å². The zero-order valence-corrected chi connectivity index (χ0v) is 14.0. The summed E-state index contributed by atoms with van der Waals surface area (Å²) in [6.45, 7) is 3.38. The molecule has 1 saturated heterocycles. The number of piperidine rings is 1. The predicted molar refractivity (Wildman–Crippen MR) is 88.5 cm³/mol. The molecule has 5 heteroatoms. The third-order valence-electron chi connectivity index (χ3n) is 4.21. The second kappa shape index (κ2) is 8.51. The van der Waals surface area contributed by atoms with Gasteiger partial charge in [0.1, 0.15) is 0 Å². The Kier molecular flexibility index (Phi) is 6.67. The molecule has 1 aromatic rings. The molecule has 2 rings (SSSR count). The van der Waals surface area contributed by atoms with Gasteiger partial charge in [-0.25, -0.2) is 0 Å². The number of carbonyl (C=O) groups excluding carboxylic acids is 1. The monoisotopic (exact) mass is 309 g/mol. The quantitative estimate of drug-likeness (QED) is 0.838. The SMILES string of the molecule is CNCCC1CCCCN1CC(=O)N(C)Cc1cccs1. The molecule has 1 atom stereocenters. The number of hydrogen-bond donors (Lipinski definition) is 1. The van der Waals surface area contributed by atoms with Crippen molar-refractivity contribution in [1.29, 1.82) is 0 Å². The van der Waals surface area contributed by atoms with Crippen LogP contribution in [0.5, 0.6) is 0 Å². The average Bonchev–Trinajstić information content (AvgIpc) is 2.99. The van der Waals surface area contributed by atoms with Crippen LogP contribution in [0.1, 0.15) is 30.6 Å². The van der Waals surface area contributed by atoms with Gasteiger partial charge in [0.15, 0.2) is 0 Å². The number of thiophene rings is 1. The van der Waals surface area contributed by atoms with Gasteiger partial charge in [-0.3, -0.25) is 9.69 Å². The third-order valence-corrected chi connectivity index (χ3v) is 5.07. The normalized spacial score (nSPS) is 19.6. The van der Waals surface area contributed by atoms with Gasteiger partial charge in [0.05, 0.1) is 13.1 Å². The number of carbonyl (C=O) groups is 1. The van der Waals surface area contributed by atoms with Crippen molar-refractivity contribution in [3.05, 3.63) is 22.4 Å². The van der Waals surface area contributed by atoms with Gasteiger partial charge in [0.2, 0.25) is 5.91 Å². The first kappa shape index (κ1) is 16.5. The zero-order valence-electron chi connectivity index (χ0n) is 13.2. The molecule has 1 amide bonds. The first-order valence-electron chi connectivity index (χ1n) is 7.85. The van der Waals surface area contributed by atoms with E-state index in [0.29, 0.717) is 12.6 Å². The lowest BCUT2D eigenvalue weighted by molar-refractivity contribution is -0.132. The Morgan fingerprint density at radius 1 is 1.52 bits per heavy atom. The van der Waals surface area contributed by atoms with Crippen LogP contribution in [0.25, 0.3) is 0 Å². The van der Waals surface area contributed by atoms with E-state index in [-0.39, 0.29) is 5.91 Å². The molecule has 1 N–H and O–H groups in total. The van der Waals surface area contributed by atoms with E-state index < -0.39 is 0 Å². The molecule has 0 bridgehead atoms. The summed E-state index contributed by atoms with van der Waals surface area (Å²) in [4.78, 5) is 17.9. The molecule has 0 radical (unpaired) electrons. The first-order chi connectivity index (χ1) is 10.2. The topological polar surface area (TPSA) is 35.6 Å². The summed E-state index contributed by atoms with van der Waals surface area (Å²) in [5.74, 6) is 0.236. The standard InChI is InChI=1S/C16H27N3OS/c1-17-9-8-14-6-3-4-10-19(14)13-16(20)18(2)12-15-7-5-11-21-15/h5,7,11,14,17H,3-4,6,8-10,12-13H2,1-2H3. The first-order valence-corrected chi connectivity index (χ1v) is 8.73. The Morgan fingerprint density at radius 3 is 3.10 bits per heavy atom. The molecule has 118 valence electrons. The molecule has 0 spiro atoms. The van der Waals surface area contributed by atoms with Crippen molar-refractivity contribution in [2.75, 3.05) is 33.7 Å². The van der Waals surface area contributed by atoms with Gasteiger partial charge in [-0.2, -0.15) is 0 Å². The molecule has 0 aliphatic carbocycles. The summed E-state index contributed by atoms with van der Waals surface area (Å²) >= 11 is 1.71. The molecule has 2 heterocycles. The number of rotatable bonds is 7. The van der Waals surface area contributed by atoms with Crippen LogP contribution in [-0.2, 0) is 11.3 Å². The Morgan fingerprint density at radius 2 is 2.38 bits per heavy atom. The molecule has 4 nitrogen and oxygen atoms in total. The van der Waals surface area contributed by atoms with Gasteiger partial charge in [-0.1, -0.05) is 12.5 Å². The minimum atomic E-state index is 0.236. The van der Waals surface area contributed by atoms with Crippen molar-refractivity contribution < 1.29 is 4.79 Å². The number of nitrogens with zero attached hydrogens (tertiary/aromatic N) is 2. The van der Waals surface area contributed by atoms with Crippen LogP contribution in [0.2, 0.25) is 0 Å². The lowest BCUT2D eigenvalue weighted by Crippen LogP contribution is -2.46. The third kappa shape index (κ3) is 5.09. The molecule has 0 aromatic carbocycles. The van der Waals surface area contributed by atoms with Crippen LogP contribution in [0.15, 0.2) is 17.5 Å². The van der Waals surface area contributed by atoms with Crippen molar-refractivity contribution in [2.45, 2.75) is 38.3 Å². The predicted octanol–water partition coefficient (Wildman–Crippen LogP) is 2.17. The maximum atomic E-state index is 12.4. The lowest BCUT2D eigenvalue weighted by atomic mass is 9.99. The molecular weight excluding hydrogens is 282 g/mol. The Balaban J connectivity index is 1.84. The smallest absolute Gasteiger partial charge is 0.236 e. The van der Waals surface area contributed by atoms with E-state index in [1.165, 1.54) is 24.1 Å². The fraction of sp³-hybridized carbons (Fsp3) is 0.688. The fourth-order valence-electron chi connectivity index (χ4n) is 2.92. The Bertz CT molecular complexity index is 421. The van der Waals surface area contributed by atoms with E-state index in [1.54, 1.807) is 11.3 Å². The van der Waals surface area contributed by atoms with E-state index in [2.05, 4.69) is 21.7 Å². The maximum Gasteiger partial charge on any atom is 0.236 e. The minimum absolute atomic E-state index is 0.236. The van der Waals surface area contributed by atoms with Gasteiger partial charge in [-0.15, -0.1) is 11.3 Å². The second-order valence-corrected chi connectivity index (χ2v) is 6.87. The van der Waals surface area contributed by atoms with E-state index in [4.69, 9.17) is 0 Å². The summed E-state index contributed by atoms with van der Waals surface area (Å²) < 4.78 is 0. The summed E-state index contributed by atoms with van der Waals surface area (Å²) in [7, 11) is 3.90. The van der Waals surface area contributed by atoms with Crippen LogP contribution in [-0.4, -0.2) is 55.5 Å². The van der Waals surface area contributed by atoms with Crippen molar-refractivity contribution in [3.8, 4) is 0 Å². The lowest BCUT2D eigenvalue weighted by Gasteiger charge is -2.36. The van der Waals surface area contributed by atoms with Gasteiger partial charge >= 0.3 is 0 Å². The van der Waals surface area contributed by atoms with E-state index in [9.17, 15) is 4.79 Å². The van der Waals surface area contributed by atoms with Gasteiger partial charge in [-0.05, 0) is 50.8 Å². The largest absolute Gasteiger partial charge is 0.340 e. The zero-order chi connectivity index (χ0) is 15.1. The van der Waals surface area contributed by atoms with E-state index in [0.717, 1.165) is 26.1 Å². The molecule has 1 aromatic heterocycles. The van der Waals surface area contributed by atoms with Gasteiger partial charge in [0.25, 0.3) is 0 Å². The van der Waals surface area contributed by atoms with E-state index >= 15 is 0 Å². The number of nitrogens with one attached hydrogen (secondary N) is 1. The number of hydrogen-bond acceptors (Lipinski definition) is 4. The van der Waals surface area contributed by atoms with Crippen LogP contribution >= 0.6 is 11.3 Å². The Labute approximate surface area is 132 Å². The van der Waals surface area contributed by atoms with Crippen LogP contribution in [0.4, 0.5) is 0 Å². The summed E-state index contributed by atoms with van der Waals surface area (Å²) in [5.41, 5.74) is 0. The number of likely N-dealkylation sites (tertiary alicyclic amines) is 1. The van der Waals surface area contributed by atoms with Crippen LogP contribution in [0.3, 0.4) is 0 Å². The minimum Gasteiger partial charge on any atom is -0.340 e. The number of likely N-dealkylation sites (N-methyl/N-ethyl adjacent to an activating group) is 1. The fourth-order valence-corrected chi connectivity index (χ4v) is 3.68. The van der Waals surface area contributed by atoms with Crippen LogP contribution < -0.4 is 5.32 Å². The molecule has 1 aliphatic rings. The van der Waals surface area contributed by atoms with Crippen molar-refractivity contribution >= 4 is 17.2 Å². The van der Waals surface area contributed by atoms with Crippen molar-refractivity contribution in [1.82, 2.24) is 15.1 Å². The summed E-state index contributed by atoms with van der Waals surface area (Å²) in [6, 6.07) is 4.69. The summed E-state index contributed by atoms with van der Waals surface area (Å²) in [6.07, 6.45) is 4.88. The molecule has 1 unspecified atom stereocenters. The van der Waals surface area contributed by atoms with Gasteiger partial charge in [0, 0.05) is 18.0 Å². The highest BCUT2D eigenvalue weighted by molar-refractivity contribution is 7.09. The molecule has 1 aliphatic heterocycles. The van der Waals surface area contributed by atoms with Gasteiger partial charge < -0.3 is 10.2 Å². The second-order valence-electron chi connectivity index (χ2n) is 5.84. The average molecular weight is 309 g/mol. The van der Waals surface area contributed by atoms with E-state index in [1.807, 2.05) is 25.1 Å².